The highest BCUT2D eigenvalue weighted by Crippen LogP contribution is 2.15. The third-order valence-corrected chi connectivity index (χ3v) is 3.14. The number of halogens is 1. The fourth-order valence-corrected chi connectivity index (χ4v) is 1.98. The minimum absolute atomic E-state index is 0.982. The monoisotopic (exact) mass is 315 g/mol. The van der Waals surface area contributed by atoms with Crippen molar-refractivity contribution in [2.75, 3.05) is 0 Å². The summed E-state index contributed by atoms with van der Waals surface area (Å²) >= 11 is 3.43. The summed E-state index contributed by atoms with van der Waals surface area (Å²) in [6, 6.07) is 12.1. The standard InChI is InChI=1S/C13H10BrN5/c14-11-3-5-12(6-4-11)19-7-1-2-13(19)8-17-18-9-15-16-10-18/h1-10H/b17-8+. The van der Waals surface area contributed by atoms with E-state index in [0.717, 1.165) is 15.9 Å². The lowest BCUT2D eigenvalue weighted by atomic mass is 10.3. The van der Waals surface area contributed by atoms with E-state index in [2.05, 4.69) is 35.8 Å². The molecular weight excluding hydrogens is 306 g/mol. The lowest BCUT2D eigenvalue weighted by molar-refractivity contribution is 0.875. The van der Waals surface area contributed by atoms with Crippen LogP contribution in [-0.4, -0.2) is 25.7 Å². The first kappa shape index (κ1) is 11.9. The minimum atomic E-state index is 0.982. The van der Waals surface area contributed by atoms with E-state index in [4.69, 9.17) is 0 Å². The van der Waals surface area contributed by atoms with Crippen LogP contribution in [0.25, 0.3) is 5.69 Å². The van der Waals surface area contributed by atoms with Crippen LogP contribution in [0.3, 0.4) is 0 Å². The first-order chi connectivity index (χ1) is 9.33. The van der Waals surface area contributed by atoms with E-state index in [1.54, 1.807) is 23.5 Å². The van der Waals surface area contributed by atoms with Gasteiger partial charge in [-0.1, -0.05) is 15.9 Å². The maximum absolute atomic E-state index is 4.25. The van der Waals surface area contributed by atoms with E-state index in [1.165, 1.54) is 0 Å². The predicted octanol–water partition coefficient (Wildman–Crippen LogP) is 2.71. The largest absolute Gasteiger partial charge is 0.316 e. The highest BCUT2D eigenvalue weighted by molar-refractivity contribution is 9.10. The zero-order valence-electron chi connectivity index (χ0n) is 9.89. The Kier molecular flexibility index (Phi) is 3.24. The van der Waals surface area contributed by atoms with Crippen LogP contribution in [-0.2, 0) is 0 Å². The summed E-state index contributed by atoms with van der Waals surface area (Å²) in [7, 11) is 0. The van der Waals surface area contributed by atoms with Gasteiger partial charge in [-0.25, -0.2) is 4.68 Å². The molecule has 19 heavy (non-hydrogen) atoms. The molecule has 5 nitrogen and oxygen atoms in total. The molecule has 0 aliphatic carbocycles. The second kappa shape index (κ2) is 5.19. The molecular formula is C13H10BrN5. The molecule has 94 valence electrons. The van der Waals surface area contributed by atoms with Gasteiger partial charge >= 0.3 is 0 Å². The summed E-state index contributed by atoms with van der Waals surface area (Å²) in [5, 5.41) is 11.6. The van der Waals surface area contributed by atoms with E-state index in [9.17, 15) is 0 Å². The summed E-state index contributed by atoms with van der Waals surface area (Å²) < 4.78 is 4.67. The summed E-state index contributed by atoms with van der Waals surface area (Å²) in [4.78, 5) is 0. The van der Waals surface area contributed by atoms with Gasteiger partial charge in [-0.3, -0.25) is 0 Å². The molecule has 0 radical (unpaired) electrons. The van der Waals surface area contributed by atoms with Gasteiger partial charge in [-0.05, 0) is 36.4 Å². The van der Waals surface area contributed by atoms with E-state index in [0.29, 0.717) is 0 Å². The van der Waals surface area contributed by atoms with Gasteiger partial charge in [0.2, 0.25) is 0 Å². The zero-order valence-corrected chi connectivity index (χ0v) is 11.5. The summed E-state index contributed by atoms with van der Waals surface area (Å²) in [6.45, 7) is 0. The maximum atomic E-state index is 4.25. The third kappa shape index (κ3) is 2.63. The molecule has 0 N–H and O–H groups in total. The van der Waals surface area contributed by atoms with Crippen molar-refractivity contribution in [2.24, 2.45) is 5.10 Å². The number of hydrogen-bond donors (Lipinski definition) is 0. The average Bonchev–Trinajstić information content (AvgIpc) is 3.08. The Bertz CT molecular complexity index is 682. The number of hydrogen-bond acceptors (Lipinski definition) is 3. The van der Waals surface area contributed by atoms with Gasteiger partial charge in [0.1, 0.15) is 12.7 Å². The second-order valence-electron chi connectivity index (χ2n) is 3.87. The Morgan fingerprint density at radius 2 is 1.79 bits per heavy atom. The molecule has 0 amide bonds. The van der Waals surface area contributed by atoms with Crippen LogP contribution in [0.2, 0.25) is 0 Å². The first-order valence-corrected chi connectivity index (χ1v) is 6.44. The van der Waals surface area contributed by atoms with Crippen molar-refractivity contribution in [1.82, 2.24) is 19.4 Å². The van der Waals surface area contributed by atoms with Gasteiger partial charge < -0.3 is 4.57 Å². The van der Waals surface area contributed by atoms with Crippen LogP contribution in [0.5, 0.6) is 0 Å². The fourth-order valence-electron chi connectivity index (χ4n) is 1.72. The molecule has 2 aromatic heterocycles. The molecule has 0 spiro atoms. The van der Waals surface area contributed by atoms with Crippen LogP contribution in [0, 0.1) is 0 Å². The first-order valence-electron chi connectivity index (χ1n) is 5.65. The number of benzene rings is 1. The van der Waals surface area contributed by atoms with Crippen molar-refractivity contribution < 1.29 is 0 Å². The molecule has 0 atom stereocenters. The van der Waals surface area contributed by atoms with Gasteiger partial charge in [0.25, 0.3) is 0 Å². The lowest BCUT2D eigenvalue weighted by Gasteiger charge is -2.06. The van der Waals surface area contributed by atoms with Gasteiger partial charge in [0, 0.05) is 16.4 Å². The molecule has 3 aromatic rings. The molecule has 0 unspecified atom stereocenters. The third-order valence-electron chi connectivity index (χ3n) is 2.61. The molecule has 0 aliphatic heterocycles. The Labute approximate surface area is 118 Å². The number of nitrogens with zero attached hydrogens (tertiary/aromatic N) is 5. The van der Waals surface area contributed by atoms with E-state index in [1.807, 2.05) is 42.6 Å². The Morgan fingerprint density at radius 3 is 2.53 bits per heavy atom. The van der Waals surface area contributed by atoms with Gasteiger partial charge in [-0.2, -0.15) is 5.10 Å². The van der Waals surface area contributed by atoms with E-state index < -0.39 is 0 Å². The van der Waals surface area contributed by atoms with Crippen molar-refractivity contribution in [3.63, 3.8) is 0 Å². The van der Waals surface area contributed by atoms with Crippen LogP contribution in [0.15, 0.2) is 64.8 Å². The normalized spacial score (nSPS) is 11.2. The van der Waals surface area contributed by atoms with Crippen LogP contribution in [0.1, 0.15) is 5.69 Å². The molecule has 2 heterocycles. The second-order valence-corrected chi connectivity index (χ2v) is 4.78. The molecule has 0 aliphatic rings. The van der Waals surface area contributed by atoms with Crippen molar-refractivity contribution >= 4 is 22.1 Å². The molecule has 3 rings (SSSR count). The smallest absolute Gasteiger partial charge is 0.141 e. The molecule has 1 aromatic carbocycles. The molecule has 0 saturated heterocycles. The number of aromatic nitrogens is 4. The van der Waals surface area contributed by atoms with Gasteiger partial charge in [0.05, 0.1) is 11.9 Å². The molecule has 0 bridgehead atoms. The van der Waals surface area contributed by atoms with Gasteiger partial charge in [0.15, 0.2) is 0 Å². The lowest BCUT2D eigenvalue weighted by Crippen LogP contribution is -1.98. The van der Waals surface area contributed by atoms with Crippen LogP contribution in [0.4, 0.5) is 0 Å². The highest BCUT2D eigenvalue weighted by atomic mass is 79.9. The topological polar surface area (TPSA) is 48.0 Å². The van der Waals surface area contributed by atoms with E-state index in [-0.39, 0.29) is 0 Å². The maximum Gasteiger partial charge on any atom is 0.141 e. The van der Waals surface area contributed by atoms with Crippen LogP contribution < -0.4 is 0 Å². The van der Waals surface area contributed by atoms with Crippen molar-refractivity contribution in [3.05, 3.63) is 65.4 Å². The average molecular weight is 316 g/mol. The summed E-state index contributed by atoms with van der Waals surface area (Å²) in [6.07, 6.45) is 6.86. The Balaban J connectivity index is 1.92. The Hall–Kier alpha value is -2.21. The molecule has 0 saturated carbocycles. The van der Waals surface area contributed by atoms with Crippen LogP contribution >= 0.6 is 15.9 Å². The quantitative estimate of drug-likeness (QED) is 0.698. The SMILES string of the molecule is Brc1ccc(-n2cccc2/C=N/n2cnnc2)cc1. The Morgan fingerprint density at radius 1 is 1.05 bits per heavy atom. The number of rotatable bonds is 3. The minimum Gasteiger partial charge on any atom is -0.316 e. The van der Waals surface area contributed by atoms with Crippen molar-refractivity contribution in [2.45, 2.75) is 0 Å². The van der Waals surface area contributed by atoms with Crippen molar-refractivity contribution in [1.29, 1.82) is 0 Å². The predicted molar refractivity (Wildman–Crippen MR) is 76.5 cm³/mol. The van der Waals surface area contributed by atoms with Crippen molar-refractivity contribution in [3.8, 4) is 5.69 Å². The van der Waals surface area contributed by atoms with E-state index >= 15 is 0 Å². The zero-order chi connectivity index (χ0) is 13.1. The van der Waals surface area contributed by atoms with Gasteiger partial charge in [-0.15, -0.1) is 10.2 Å². The molecule has 0 fully saturated rings. The highest BCUT2D eigenvalue weighted by Gasteiger charge is 2.01. The summed E-state index contributed by atoms with van der Waals surface area (Å²) in [5.74, 6) is 0. The summed E-state index contributed by atoms with van der Waals surface area (Å²) in [5.41, 5.74) is 2.06. The fraction of sp³-hybridized carbons (Fsp3) is 0. The molecule has 6 heteroatoms.